The Bertz CT molecular complexity index is 1070. The van der Waals surface area contributed by atoms with Gasteiger partial charge in [0, 0.05) is 17.7 Å². The maximum Gasteiger partial charge on any atom is 0.271 e. The molecule has 0 fully saturated rings. The van der Waals surface area contributed by atoms with Crippen LogP contribution >= 0.6 is 22.9 Å². The number of carbonyl (C=O) groups is 1. The van der Waals surface area contributed by atoms with E-state index in [1.807, 2.05) is 30.5 Å². The number of nitrogens with zero attached hydrogens (tertiary/aromatic N) is 1. The van der Waals surface area contributed by atoms with Crippen molar-refractivity contribution in [3.63, 3.8) is 0 Å². The molecule has 0 saturated heterocycles. The van der Waals surface area contributed by atoms with Gasteiger partial charge in [-0.2, -0.15) is 0 Å². The highest BCUT2D eigenvalue weighted by Gasteiger charge is 2.15. The van der Waals surface area contributed by atoms with Gasteiger partial charge < -0.3 is 14.8 Å². The summed E-state index contributed by atoms with van der Waals surface area (Å²) in [5.41, 5.74) is 2.05. The smallest absolute Gasteiger partial charge is 0.271 e. The van der Waals surface area contributed by atoms with Crippen LogP contribution in [-0.4, -0.2) is 17.9 Å². The number of nitrogens with one attached hydrogen (secondary N) is 1. The molecule has 1 N–H and O–H groups in total. The molecule has 150 valence electrons. The number of anilines is 1. The van der Waals surface area contributed by atoms with Crippen LogP contribution in [-0.2, 0) is 6.61 Å². The molecule has 7 nitrogen and oxygen atoms in total. The third-order valence-corrected chi connectivity index (χ3v) is 5.29. The molecule has 0 aliphatic rings. The van der Waals surface area contributed by atoms with E-state index >= 15 is 0 Å². The van der Waals surface area contributed by atoms with Crippen LogP contribution in [0.2, 0.25) is 5.02 Å². The summed E-state index contributed by atoms with van der Waals surface area (Å²) < 4.78 is 11.1. The van der Waals surface area contributed by atoms with Crippen molar-refractivity contribution in [3.8, 4) is 11.5 Å². The molecule has 0 saturated carbocycles. The van der Waals surface area contributed by atoms with Gasteiger partial charge in [-0.1, -0.05) is 17.7 Å². The average Bonchev–Trinajstić information content (AvgIpc) is 3.17. The third kappa shape index (κ3) is 5.04. The number of carbonyl (C=O) groups excluding carboxylic acids is 1. The number of ether oxygens (including phenoxy) is 2. The molecule has 0 aliphatic carbocycles. The summed E-state index contributed by atoms with van der Waals surface area (Å²) in [6.07, 6.45) is 0. The van der Waals surface area contributed by atoms with Crippen molar-refractivity contribution < 1.29 is 19.2 Å². The van der Waals surface area contributed by atoms with Gasteiger partial charge in [-0.05, 0) is 42.1 Å². The predicted octanol–water partition coefficient (Wildman–Crippen LogP) is 5.46. The first kappa shape index (κ1) is 20.6. The maximum atomic E-state index is 12.5. The molecule has 1 heterocycles. The number of benzene rings is 2. The molecular formula is C20H17ClN2O5S. The van der Waals surface area contributed by atoms with Crippen LogP contribution in [0, 0.1) is 17.0 Å². The summed E-state index contributed by atoms with van der Waals surface area (Å²) in [5.74, 6) is 0.906. The Morgan fingerprint density at radius 2 is 2.00 bits per heavy atom. The molecule has 9 heteroatoms. The molecule has 0 unspecified atom stereocenters. The van der Waals surface area contributed by atoms with Gasteiger partial charge >= 0.3 is 0 Å². The van der Waals surface area contributed by atoms with Crippen molar-refractivity contribution in [3.05, 3.63) is 79.0 Å². The minimum atomic E-state index is -0.550. The predicted molar refractivity (Wildman–Crippen MR) is 112 cm³/mol. The van der Waals surface area contributed by atoms with Crippen LogP contribution in [0.5, 0.6) is 11.5 Å². The lowest BCUT2D eigenvalue weighted by Crippen LogP contribution is -2.10. The van der Waals surface area contributed by atoms with E-state index in [2.05, 4.69) is 5.32 Å². The largest absolute Gasteiger partial charge is 0.493 e. The SMILES string of the molecule is COc1cc(C)ccc1OCc1csc(C(=O)Nc2ccc([N+](=O)[O-])cc2Cl)c1. The number of thiophene rings is 1. The lowest BCUT2D eigenvalue weighted by atomic mass is 10.2. The Morgan fingerprint density at radius 3 is 2.69 bits per heavy atom. The summed E-state index contributed by atoms with van der Waals surface area (Å²) >= 11 is 7.28. The molecule has 1 amide bonds. The lowest BCUT2D eigenvalue weighted by Gasteiger charge is -2.10. The van der Waals surface area contributed by atoms with Gasteiger partial charge in [0.05, 0.1) is 27.6 Å². The molecule has 29 heavy (non-hydrogen) atoms. The van der Waals surface area contributed by atoms with Crippen molar-refractivity contribution in [2.45, 2.75) is 13.5 Å². The number of nitro groups is 1. The van der Waals surface area contributed by atoms with Gasteiger partial charge in [0.15, 0.2) is 11.5 Å². The lowest BCUT2D eigenvalue weighted by molar-refractivity contribution is -0.384. The van der Waals surface area contributed by atoms with Crippen molar-refractivity contribution >= 4 is 40.2 Å². The first-order valence-electron chi connectivity index (χ1n) is 8.47. The Hall–Kier alpha value is -3.10. The molecule has 2 aromatic carbocycles. The van der Waals surface area contributed by atoms with E-state index in [9.17, 15) is 14.9 Å². The molecular weight excluding hydrogens is 416 g/mol. The van der Waals surface area contributed by atoms with Crippen molar-refractivity contribution in [1.82, 2.24) is 0 Å². The monoisotopic (exact) mass is 432 g/mol. The summed E-state index contributed by atoms with van der Waals surface area (Å²) in [6.45, 7) is 2.24. The third-order valence-electron chi connectivity index (χ3n) is 4.00. The molecule has 1 aromatic heterocycles. The zero-order chi connectivity index (χ0) is 21.0. The Balaban J connectivity index is 1.65. The number of aryl methyl sites for hydroxylation is 1. The minimum absolute atomic E-state index is 0.0964. The number of nitro benzene ring substituents is 1. The van der Waals surface area contributed by atoms with Crippen LogP contribution < -0.4 is 14.8 Å². The minimum Gasteiger partial charge on any atom is -0.493 e. The zero-order valence-corrected chi connectivity index (χ0v) is 17.2. The van der Waals surface area contributed by atoms with E-state index in [4.69, 9.17) is 21.1 Å². The van der Waals surface area contributed by atoms with Gasteiger partial charge in [0.25, 0.3) is 11.6 Å². The topological polar surface area (TPSA) is 90.7 Å². The van der Waals surface area contributed by atoms with Crippen LogP contribution in [0.3, 0.4) is 0 Å². The molecule has 0 bridgehead atoms. The van der Waals surface area contributed by atoms with Gasteiger partial charge in [-0.3, -0.25) is 14.9 Å². The molecule has 0 spiro atoms. The van der Waals surface area contributed by atoms with Crippen molar-refractivity contribution in [1.29, 1.82) is 0 Å². The van der Waals surface area contributed by atoms with E-state index in [-0.39, 0.29) is 23.2 Å². The summed E-state index contributed by atoms with van der Waals surface area (Å²) in [7, 11) is 1.58. The van der Waals surface area contributed by atoms with Crippen molar-refractivity contribution in [2.24, 2.45) is 0 Å². The van der Waals surface area contributed by atoms with E-state index in [0.717, 1.165) is 11.1 Å². The highest BCUT2D eigenvalue weighted by Crippen LogP contribution is 2.30. The molecule has 3 rings (SSSR count). The highest BCUT2D eigenvalue weighted by atomic mass is 35.5. The number of rotatable bonds is 7. The second-order valence-corrected chi connectivity index (χ2v) is 7.46. The first-order valence-corrected chi connectivity index (χ1v) is 9.73. The molecule has 3 aromatic rings. The number of amides is 1. The second kappa shape index (κ2) is 8.93. The van der Waals surface area contributed by atoms with E-state index in [1.165, 1.54) is 29.5 Å². The Labute approximate surface area is 176 Å². The van der Waals surface area contributed by atoms with Crippen LogP contribution in [0.1, 0.15) is 20.8 Å². The number of hydrogen-bond donors (Lipinski definition) is 1. The van der Waals surface area contributed by atoms with Crippen LogP contribution in [0.4, 0.5) is 11.4 Å². The Morgan fingerprint density at radius 1 is 1.21 bits per heavy atom. The van der Waals surface area contributed by atoms with Gasteiger partial charge in [0.1, 0.15) is 6.61 Å². The fraction of sp³-hybridized carbons (Fsp3) is 0.150. The van der Waals surface area contributed by atoms with Gasteiger partial charge in [0.2, 0.25) is 0 Å². The number of hydrogen-bond acceptors (Lipinski definition) is 6. The quantitative estimate of drug-likeness (QED) is 0.395. The molecule has 0 atom stereocenters. The number of halogens is 1. The van der Waals surface area contributed by atoms with Crippen molar-refractivity contribution in [2.75, 3.05) is 12.4 Å². The van der Waals surface area contributed by atoms with Crippen LogP contribution in [0.25, 0.3) is 0 Å². The number of methoxy groups -OCH3 is 1. The fourth-order valence-electron chi connectivity index (χ4n) is 2.53. The van der Waals surface area contributed by atoms with E-state index in [0.29, 0.717) is 22.1 Å². The summed E-state index contributed by atoms with van der Waals surface area (Å²) in [4.78, 5) is 23.1. The Kier molecular flexibility index (Phi) is 6.36. The standard InChI is InChI=1S/C20H17ClN2O5S/c1-12-3-6-17(18(7-12)27-2)28-10-13-8-19(29-11-13)20(24)22-16-5-4-14(23(25)26)9-15(16)21/h3-9,11H,10H2,1-2H3,(H,22,24). The first-order chi connectivity index (χ1) is 13.9. The summed E-state index contributed by atoms with van der Waals surface area (Å²) in [6, 6.07) is 11.3. The zero-order valence-electron chi connectivity index (χ0n) is 15.6. The van der Waals surface area contributed by atoms with Gasteiger partial charge in [-0.15, -0.1) is 11.3 Å². The molecule has 0 aliphatic heterocycles. The average molecular weight is 433 g/mol. The normalized spacial score (nSPS) is 10.4. The second-order valence-electron chi connectivity index (χ2n) is 6.14. The highest BCUT2D eigenvalue weighted by molar-refractivity contribution is 7.12. The fourth-order valence-corrected chi connectivity index (χ4v) is 3.54. The van der Waals surface area contributed by atoms with Crippen LogP contribution in [0.15, 0.2) is 47.8 Å². The molecule has 0 radical (unpaired) electrons. The maximum absolute atomic E-state index is 12.5. The van der Waals surface area contributed by atoms with Gasteiger partial charge in [-0.25, -0.2) is 0 Å². The number of non-ortho nitro benzene ring substituents is 1. The van der Waals surface area contributed by atoms with E-state index < -0.39 is 4.92 Å². The van der Waals surface area contributed by atoms with E-state index in [1.54, 1.807) is 13.2 Å². The summed E-state index contributed by atoms with van der Waals surface area (Å²) in [5, 5.41) is 15.4.